The normalized spacial score (nSPS) is 11.7. The minimum Gasteiger partial charge on any atom is -0.393 e. The molecule has 2 aromatic carbocycles. The predicted molar refractivity (Wildman–Crippen MR) is 98.7 cm³/mol. The highest BCUT2D eigenvalue weighted by atomic mass is 15.1. The molecule has 3 rings (SSSR count). The van der Waals surface area contributed by atoms with Crippen molar-refractivity contribution in [3.05, 3.63) is 78.1 Å². The van der Waals surface area contributed by atoms with E-state index in [1.807, 2.05) is 36.4 Å². The Morgan fingerprint density at radius 3 is 2.25 bits per heavy atom. The highest BCUT2D eigenvalue weighted by molar-refractivity contribution is 5.74. The molecule has 1 unspecified atom stereocenters. The lowest BCUT2D eigenvalue weighted by Gasteiger charge is -2.17. The van der Waals surface area contributed by atoms with Gasteiger partial charge in [0.25, 0.3) is 0 Å². The molecule has 4 N–H and O–H groups in total. The van der Waals surface area contributed by atoms with Crippen LogP contribution in [0.2, 0.25) is 0 Å². The first-order valence-electron chi connectivity index (χ1n) is 7.94. The fourth-order valence-electron chi connectivity index (χ4n) is 2.46. The van der Waals surface area contributed by atoms with Crippen LogP contribution in [0.5, 0.6) is 0 Å². The number of benzene rings is 2. The van der Waals surface area contributed by atoms with Crippen molar-refractivity contribution in [3.63, 3.8) is 0 Å². The van der Waals surface area contributed by atoms with Crippen LogP contribution in [0.3, 0.4) is 0 Å². The van der Waals surface area contributed by atoms with Gasteiger partial charge in [-0.25, -0.2) is 9.97 Å². The zero-order valence-corrected chi connectivity index (χ0v) is 13.6. The molecule has 1 heterocycles. The zero-order chi connectivity index (χ0) is 16.8. The van der Waals surface area contributed by atoms with Gasteiger partial charge in [-0.3, -0.25) is 0 Å². The van der Waals surface area contributed by atoms with E-state index >= 15 is 0 Å². The van der Waals surface area contributed by atoms with E-state index in [0.717, 1.165) is 0 Å². The Hall–Kier alpha value is -3.08. The molecule has 0 spiro atoms. The highest BCUT2D eigenvalue weighted by Gasteiger charge is 2.11. The van der Waals surface area contributed by atoms with Gasteiger partial charge in [0.05, 0.1) is 6.04 Å². The quantitative estimate of drug-likeness (QED) is 0.643. The third kappa shape index (κ3) is 3.81. The molecule has 0 amide bonds. The van der Waals surface area contributed by atoms with Crippen molar-refractivity contribution in [1.29, 1.82) is 0 Å². The molecule has 0 aliphatic rings. The summed E-state index contributed by atoms with van der Waals surface area (Å²) in [6, 6.07) is 20.4. The van der Waals surface area contributed by atoms with Gasteiger partial charge in [-0.05, 0) is 18.1 Å². The summed E-state index contributed by atoms with van der Waals surface area (Å²) in [5, 5.41) is 6.62. The van der Waals surface area contributed by atoms with E-state index in [1.54, 1.807) is 0 Å². The van der Waals surface area contributed by atoms with Gasteiger partial charge in [-0.2, -0.15) is 0 Å². The Bertz CT molecular complexity index is 774. The largest absolute Gasteiger partial charge is 0.393 e. The van der Waals surface area contributed by atoms with Gasteiger partial charge in [0.15, 0.2) is 11.6 Å². The number of rotatable bonds is 6. The van der Waals surface area contributed by atoms with Crippen LogP contribution in [0.25, 0.3) is 0 Å². The van der Waals surface area contributed by atoms with Gasteiger partial charge in [0, 0.05) is 6.54 Å². The molecule has 0 aliphatic heterocycles. The monoisotopic (exact) mass is 319 g/mol. The van der Waals surface area contributed by atoms with Crippen LogP contribution in [0.15, 0.2) is 67.0 Å². The van der Waals surface area contributed by atoms with Crippen LogP contribution in [0.4, 0.5) is 17.3 Å². The average molecular weight is 319 g/mol. The summed E-state index contributed by atoms with van der Waals surface area (Å²) in [7, 11) is 0. The van der Waals surface area contributed by atoms with E-state index < -0.39 is 0 Å². The molecule has 0 radical (unpaired) electrons. The Morgan fingerprint density at radius 1 is 0.917 bits per heavy atom. The van der Waals surface area contributed by atoms with Crippen molar-refractivity contribution < 1.29 is 0 Å². The van der Waals surface area contributed by atoms with Crippen molar-refractivity contribution in [2.75, 3.05) is 16.4 Å². The third-order valence-electron chi connectivity index (χ3n) is 3.84. The molecule has 1 aromatic heterocycles. The molecular weight excluding hydrogens is 298 g/mol. The highest BCUT2D eigenvalue weighted by Crippen LogP contribution is 2.26. The number of aromatic nitrogens is 2. The summed E-state index contributed by atoms with van der Waals surface area (Å²) in [6.45, 7) is 2.74. The Kier molecular flexibility index (Phi) is 4.91. The van der Waals surface area contributed by atoms with Gasteiger partial charge < -0.3 is 16.4 Å². The third-order valence-corrected chi connectivity index (χ3v) is 3.84. The summed E-state index contributed by atoms with van der Waals surface area (Å²) in [6.07, 6.45) is 1.52. The smallest absolute Gasteiger partial charge is 0.155 e. The van der Waals surface area contributed by atoms with Crippen LogP contribution >= 0.6 is 0 Å². The molecule has 0 saturated heterocycles. The van der Waals surface area contributed by atoms with Crippen molar-refractivity contribution in [3.8, 4) is 0 Å². The minimum absolute atomic E-state index is 0.102. The number of nitrogens with zero attached hydrogens (tertiary/aromatic N) is 2. The standard InChI is InChI=1S/C19H21N5/c1-14(16-10-6-3-7-11-16)24-19-17(20)18(22-13-23-19)21-12-15-8-4-2-5-9-15/h2-11,13-14H,12,20H2,1H3,(H2,21,22,23,24). The molecule has 0 aliphatic carbocycles. The van der Waals surface area contributed by atoms with E-state index in [4.69, 9.17) is 5.73 Å². The maximum absolute atomic E-state index is 6.22. The van der Waals surface area contributed by atoms with Crippen molar-refractivity contribution >= 4 is 17.3 Å². The molecule has 0 fully saturated rings. The summed E-state index contributed by atoms with van der Waals surface area (Å²) < 4.78 is 0. The van der Waals surface area contributed by atoms with Crippen LogP contribution in [-0.2, 0) is 6.54 Å². The number of hydrogen-bond donors (Lipinski definition) is 3. The summed E-state index contributed by atoms with van der Waals surface area (Å²) in [4.78, 5) is 8.52. The van der Waals surface area contributed by atoms with Crippen LogP contribution in [-0.4, -0.2) is 9.97 Å². The molecule has 0 saturated carbocycles. The number of hydrogen-bond acceptors (Lipinski definition) is 5. The molecule has 0 bridgehead atoms. The zero-order valence-electron chi connectivity index (χ0n) is 13.6. The second-order valence-corrected chi connectivity index (χ2v) is 5.60. The number of nitrogen functional groups attached to an aromatic ring is 1. The van der Waals surface area contributed by atoms with Gasteiger partial charge in [0.2, 0.25) is 0 Å². The van der Waals surface area contributed by atoms with E-state index in [0.29, 0.717) is 23.9 Å². The van der Waals surface area contributed by atoms with Crippen LogP contribution in [0, 0.1) is 0 Å². The average Bonchev–Trinajstić information content (AvgIpc) is 2.64. The lowest BCUT2D eigenvalue weighted by Crippen LogP contribution is -2.12. The van der Waals surface area contributed by atoms with Gasteiger partial charge in [0.1, 0.15) is 12.0 Å². The van der Waals surface area contributed by atoms with Crippen molar-refractivity contribution in [2.24, 2.45) is 0 Å². The van der Waals surface area contributed by atoms with Crippen LogP contribution in [0.1, 0.15) is 24.1 Å². The van der Waals surface area contributed by atoms with E-state index in [2.05, 4.69) is 51.8 Å². The van der Waals surface area contributed by atoms with Crippen molar-refractivity contribution in [2.45, 2.75) is 19.5 Å². The number of nitrogens with two attached hydrogens (primary N) is 1. The lowest BCUT2D eigenvalue weighted by molar-refractivity contribution is 0.873. The molecule has 5 nitrogen and oxygen atoms in total. The molecule has 24 heavy (non-hydrogen) atoms. The van der Waals surface area contributed by atoms with Gasteiger partial charge in [-0.15, -0.1) is 0 Å². The first-order chi connectivity index (χ1) is 11.7. The first-order valence-corrected chi connectivity index (χ1v) is 7.94. The van der Waals surface area contributed by atoms with E-state index in [1.165, 1.54) is 17.5 Å². The number of nitrogens with one attached hydrogen (secondary N) is 2. The minimum atomic E-state index is 0.102. The maximum Gasteiger partial charge on any atom is 0.155 e. The Labute approximate surface area is 142 Å². The number of anilines is 3. The fourth-order valence-corrected chi connectivity index (χ4v) is 2.46. The molecular formula is C19H21N5. The second-order valence-electron chi connectivity index (χ2n) is 5.60. The second kappa shape index (κ2) is 7.46. The van der Waals surface area contributed by atoms with Crippen molar-refractivity contribution in [1.82, 2.24) is 9.97 Å². The first kappa shape index (κ1) is 15.8. The SMILES string of the molecule is CC(Nc1ncnc(NCc2ccccc2)c1N)c1ccccc1. The maximum atomic E-state index is 6.22. The molecule has 5 heteroatoms. The van der Waals surface area contributed by atoms with E-state index in [-0.39, 0.29) is 6.04 Å². The Balaban J connectivity index is 1.71. The van der Waals surface area contributed by atoms with Gasteiger partial charge in [-0.1, -0.05) is 60.7 Å². The van der Waals surface area contributed by atoms with Crippen LogP contribution < -0.4 is 16.4 Å². The summed E-state index contributed by atoms with van der Waals surface area (Å²) >= 11 is 0. The predicted octanol–water partition coefficient (Wildman–Crippen LogP) is 3.84. The summed E-state index contributed by atoms with van der Waals surface area (Å²) in [5.74, 6) is 1.27. The lowest BCUT2D eigenvalue weighted by atomic mass is 10.1. The Morgan fingerprint density at radius 2 is 1.54 bits per heavy atom. The van der Waals surface area contributed by atoms with Gasteiger partial charge >= 0.3 is 0 Å². The summed E-state index contributed by atoms with van der Waals surface area (Å²) in [5.41, 5.74) is 9.09. The molecule has 1 atom stereocenters. The van der Waals surface area contributed by atoms with E-state index in [9.17, 15) is 0 Å². The molecule has 3 aromatic rings. The fraction of sp³-hybridized carbons (Fsp3) is 0.158. The molecule has 122 valence electrons. The topological polar surface area (TPSA) is 75.9 Å².